The zero-order chi connectivity index (χ0) is 13.1. The van der Waals surface area contributed by atoms with Gasteiger partial charge in [-0.15, -0.1) is 5.10 Å². The molecule has 1 aromatic carbocycles. The summed E-state index contributed by atoms with van der Waals surface area (Å²) in [4.78, 5) is 0. The minimum Gasteiger partial charge on any atom is -0.308 e. The molecule has 0 amide bonds. The molecule has 96 valence electrons. The van der Waals surface area contributed by atoms with Crippen LogP contribution in [0.15, 0.2) is 18.2 Å². The number of nitrogens with one attached hydrogen (secondary N) is 1. The van der Waals surface area contributed by atoms with Crippen molar-refractivity contribution in [3.05, 3.63) is 34.1 Å². The quantitative estimate of drug-likeness (QED) is 0.938. The normalized spacial score (nSPS) is 11.2. The Morgan fingerprint density at radius 3 is 2.83 bits per heavy atom. The van der Waals surface area contributed by atoms with Crippen LogP contribution in [0, 0.1) is 0 Å². The van der Waals surface area contributed by atoms with E-state index in [0.717, 1.165) is 0 Å². The molecule has 0 saturated carbocycles. The third-order valence-electron chi connectivity index (χ3n) is 2.34. The maximum absolute atomic E-state index is 6.13. The van der Waals surface area contributed by atoms with Crippen LogP contribution in [0.3, 0.4) is 0 Å². The second-order valence-electron chi connectivity index (χ2n) is 4.14. The number of hydrogen-bond donors (Lipinski definition) is 1. The van der Waals surface area contributed by atoms with Crippen molar-refractivity contribution in [2.45, 2.75) is 26.4 Å². The fourth-order valence-corrected chi connectivity index (χ4v) is 1.81. The first-order valence-corrected chi connectivity index (χ1v) is 6.29. The molecule has 18 heavy (non-hydrogen) atoms. The maximum atomic E-state index is 6.13. The average Bonchev–Trinajstić information content (AvgIpc) is 2.77. The third-order valence-corrected chi connectivity index (χ3v) is 2.89. The smallest absolute Gasteiger partial charge is 0.170 e. The molecular weight excluding hydrogens is 273 g/mol. The van der Waals surface area contributed by atoms with Crippen molar-refractivity contribution in [1.82, 2.24) is 25.5 Å². The maximum Gasteiger partial charge on any atom is 0.170 e. The lowest BCUT2D eigenvalue weighted by atomic mass is 10.3. The molecule has 0 aliphatic heterocycles. The number of tetrazole rings is 1. The lowest BCUT2D eigenvalue weighted by molar-refractivity contribution is 0.563. The molecule has 1 heterocycles. The first-order valence-electron chi connectivity index (χ1n) is 5.54. The Bertz CT molecular complexity index is 538. The van der Waals surface area contributed by atoms with Crippen molar-refractivity contribution >= 4 is 23.2 Å². The van der Waals surface area contributed by atoms with Crippen LogP contribution < -0.4 is 5.32 Å². The molecule has 0 aliphatic rings. The van der Waals surface area contributed by atoms with Crippen LogP contribution in [0.2, 0.25) is 10.0 Å². The summed E-state index contributed by atoms with van der Waals surface area (Å²) in [5, 5.41) is 16.0. The highest BCUT2D eigenvalue weighted by Gasteiger charge is 2.12. The zero-order valence-corrected chi connectivity index (χ0v) is 11.6. The van der Waals surface area contributed by atoms with Gasteiger partial charge in [-0.3, -0.25) is 0 Å². The van der Waals surface area contributed by atoms with Gasteiger partial charge in [-0.1, -0.05) is 37.0 Å². The second-order valence-corrected chi connectivity index (χ2v) is 4.98. The SMILES string of the molecule is CC(C)NCc1nnnn1-c1cc(Cl)ccc1Cl. The summed E-state index contributed by atoms with van der Waals surface area (Å²) in [5.74, 6) is 0.688. The summed E-state index contributed by atoms with van der Waals surface area (Å²) < 4.78 is 1.59. The number of hydrogen-bond acceptors (Lipinski definition) is 4. The van der Waals surface area contributed by atoms with Crippen LogP contribution >= 0.6 is 23.2 Å². The summed E-state index contributed by atoms with van der Waals surface area (Å²) in [6, 6.07) is 5.54. The van der Waals surface area contributed by atoms with Crippen LogP contribution in [-0.4, -0.2) is 26.2 Å². The highest BCUT2D eigenvalue weighted by molar-refractivity contribution is 6.34. The predicted molar refractivity (Wildman–Crippen MR) is 71.1 cm³/mol. The van der Waals surface area contributed by atoms with Crippen LogP contribution in [-0.2, 0) is 6.54 Å². The summed E-state index contributed by atoms with van der Waals surface area (Å²) in [6.45, 7) is 4.68. The summed E-state index contributed by atoms with van der Waals surface area (Å²) in [7, 11) is 0. The third kappa shape index (κ3) is 2.98. The van der Waals surface area contributed by atoms with E-state index < -0.39 is 0 Å². The van der Waals surface area contributed by atoms with Gasteiger partial charge in [-0.05, 0) is 28.6 Å². The molecule has 0 fully saturated rings. The molecule has 1 aromatic heterocycles. The molecule has 7 heteroatoms. The van der Waals surface area contributed by atoms with Crippen LogP contribution in [0.25, 0.3) is 5.69 Å². The Kier molecular flexibility index (Phi) is 4.16. The van der Waals surface area contributed by atoms with E-state index in [-0.39, 0.29) is 0 Å². The van der Waals surface area contributed by atoms with E-state index in [1.807, 2.05) is 0 Å². The molecule has 0 unspecified atom stereocenters. The van der Waals surface area contributed by atoms with Crippen molar-refractivity contribution in [2.75, 3.05) is 0 Å². The van der Waals surface area contributed by atoms with E-state index in [1.54, 1.807) is 22.9 Å². The molecule has 0 radical (unpaired) electrons. The molecule has 2 rings (SSSR count). The molecule has 1 N–H and O–H groups in total. The molecule has 0 aliphatic carbocycles. The highest BCUT2D eigenvalue weighted by atomic mass is 35.5. The van der Waals surface area contributed by atoms with Gasteiger partial charge in [0.2, 0.25) is 0 Å². The van der Waals surface area contributed by atoms with E-state index in [1.165, 1.54) is 0 Å². The molecule has 0 atom stereocenters. The molecule has 5 nitrogen and oxygen atoms in total. The molecule has 2 aromatic rings. The second kappa shape index (κ2) is 5.65. The number of nitrogens with zero attached hydrogens (tertiary/aromatic N) is 4. The van der Waals surface area contributed by atoms with Gasteiger partial charge < -0.3 is 5.32 Å². The van der Waals surface area contributed by atoms with Gasteiger partial charge in [0.05, 0.1) is 17.3 Å². The summed E-state index contributed by atoms with van der Waals surface area (Å²) in [5.41, 5.74) is 0.676. The Labute approximate surface area is 115 Å². The van der Waals surface area contributed by atoms with Gasteiger partial charge in [-0.2, -0.15) is 4.68 Å². The number of halogens is 2. The standard InChI is InChI=1S/C11H13Cl2N5/c1-7(2)14-6-11-15-16-17-18(11)10-5-8(12)3-4-9(10)13/h3-5,7,14H,6H2,1-2H3. The monoisotopic (exact) mass is 285 g/mol. The van der Waals surface area contributed by atoms with Crippen LogP contribution in [0.4, 0.5) is 0 Å². The molecular formula is C11H13Cl2N5. The number of rotatable bonds is 4. The Balaban J connectivity index is 2.33. The Morgan fingerprint density at radius 2 is 2.11 bits per heavy atom. The van der Waals surface area contributed by atoms with Crippen molar-refractivity contribution in [1.29, 1.82) is 0 Å². The van der Waals surface area contributed by atoms with E-state index in [0.29, 0.717) is 34.1 Å². The predicted octanol–water partition coefficient (Wildman–Crippen LogP) is 2.47. The van der Waals surface area contributed by atoms with Crippen molar-refractivity contribution in [3.8, 4) is 5.69 Å². The fourth-order valence-electron chi connectivity index (χ4n) is 1.45. The lowest BCUT2D eigenvalue weighted by Crippen LogP contribution is -2.24. The van der Waals surface area contributed by atoms with Crippen LogP contribution in [0.1, 0.15) is 19.7 Å². The fraction of sp³-hybridized carbons (Fsp3) is 0.364. The minimum absolute atomic E-state index is 0.352. The minimum atomic E-state index is 0.352. The zero-order valence-electron chi connectivity index (χ0n) is 10.1. The van der Waals surface area contributed by atoms with Crippen LogP contribution in [0.5, 0.6) is 0 Å². The first-order chi connectivity index (χ1) is 8.58. The van der Waals surface area contributed by atoms with Crippen molar-refractivity contribution in [3.63, 3.8) is 0 Å². The van der Waals surface area contributed by atoms with Gasteiger partial charge in [0.25, 0.3) is 0 Å². The lowest BCUT2D eigenvalue weighted by Gasteiger charge is -2.09. The average molecular weight is 286 g/mol. The largest absolute Gasteiger partial charge is 0.308 e. The first kappa shape index (κ1) is 13.3. The molecule has 0 spiro atoms. The van der Waals surface area contributed by atoms with E-state index in [4.69, 9.17) is 23.2 Å². The van der Waals surface area contributed by atoms with Gasteiger partial charge in [-0.25, -0.2) is 0 Å². The summed E-state index contributed by atoms with van der Waals surface area (Å²) in [6.07, 6.45) is 0. The molecule has 0 saturated heterocycles. The number of benzene rings is 1. The highest BCUT2D eigenvalue weighted by Crippen LogP contribution is 2.24. The molecule has 0 bridgehead atoms. The van der Waals surface area contributed by atoms with Gasteiger partial charge in [0, 0.05) is 11.1 Å². The van der Waals surface area contributed by atoms with Gasteiger partial charge in [0.15, 0.2) is 5.82 Å². The Hall–Kier alpha value is -1.17. The van der Waals surface area contributed by atoms with E-state index in [9.17, 15) is 0 Å². The van der Waals surface area contributed by atoms with E-state index >= 15 is 0 Å². The Morgan fingerprint density at radius 1 is 1.33 bits per heavy atom. The van der Waals surface area contributed by atoms with Gasteiger partial charge in [0.1, 0.15) is 0 Å². The number of aromatic nitrogens is 4. The summed E-state index contributed by atoms with van der Waals surface area (Å²) >= 11 is 12.1. The van der Waals surface area contributed by atoms with E-state index in [2.05, 4.69) is 34.7 Å². The van der Waals surface area contributed by atoms with Crippen molar-refractivity contribution in [2.24, 2.45) is 0 Å². The topological polar surface area (TPSA) is 55.6 Å². The van der Waals surface area contributed by atoms with Crippen molar-refractivity contribution < 1.29 is 0 Å². The van der Waals surface area contributed by atoms with Gasteiger partial charge >= 0.3 is 0 Å².